The van der Waals surface area contributed by atoms with Gasteiger partial charge in [-0.3, -0.25) is 0 Å². The third kappa shape index (κ3) is 6.05. The fraction of sp³-hybridized carbons (Fsp3) is 0.455. The van der Waals surface area contributed by atoms with Crippen molar-refractivity contribution in [3.8, 4) is 11.8 Å². The van der Waals surface area contributed by atoms with Gasteiger partial charge in [0.1, 0.15) is 11.1 Å². The van der Waals surface area contributed by atoms with Gasteiger partial charge in [-0.25, -0.2) is 19.6 Å². The maximum Gasteiger partial charge on any atom is 0.496 e. The van der Waals surface area contributed by atoms with Crippen molar-refractivity contribution in [2.24, 2.45) is 0 Å². The highest BCUT2D eigenvalue weighted by Gasteiger charge is 2.52. The summed E-state index contributed by atoms with van der Waals surface area (Å²) in [6.07, 6.45) is 2.43. The van der Waals surface area contributed by atoms with Crippen LogP contribution in [-0.2, 0) is 18.8 Å². The lowest BCUT2D eigenvalue weighted by Crippen LogP contribution is -2.41. The maximum absolute atomic E-state index is 12.2. The molecule has 1 fully saturated rings. The van der Waals surface area contributed by atoms with E-state index in [-0.39, 0.29) is 5.46 Å². The molecule has 1 saturated heterocycles. The average Bonchev–Trinajstić information content (AvgIpc) is 3.03. The van der Waals surface area contributed by atoms with E-state index >= 15 is 0 Å². The molecule has 34 heavy (non-hydrogen) atoms. The van der Waals surface area contributed by atoms with Crippen molar-refractivity contribution in [2.45, 2.75) is 38.9 Å². The van der Waals surface area contributed by atoms with Gasteiger partial charge in [-0.2, -0.15) is 0 Å². The third-order valence-corrected chi connectivity index (χ3v) is 5.47. The van der Waals surface area contributed by atoms with Gasteiger partial charge in [-0.15, -0.1) is 0 Å². The van der Waals surface area contributed by atoms with Crippen LogP contribution in [0.5, 0.6) is 11.8 Å². The Balaban J connectivity index is 0.000000341. The van der Waals surface area contributed by atoms with E-state index in [0.717, 1.165) is 6.07 Å². The number of halogens is 1. The predicted octanol–water partition coefficient (Wildman–Crippen LogP) is 2.82. The van der Waals surface area contributed by atoms with Crippen molar-refractivity contribution >= 4 is 40.4 Å². The molecular weight excluding hydrogens is 511 g/mol. The lowest BCUT2D eigenvalue weighted by Gasteiger charge is -2.32. The number of aromatic nitrogens is 2. The summed E-state index contributed by atoms with van der Waals surface area (Å²) in [5.74, 6) is -3.67. The number of carbonyl (C=O) groups is 2. The van der Waals surface area contributed by atoms with Gasteiger partial charge in [0.2, 0.25) is 11.8 Å². The highest BCUT2D eigenvalue weighted by molar-refractivity contribution is 9.10. The van der Waals surface area contributed by atoms with Crippen LogP contribution in [0, 0.1) is 0 Å². The summed E-state index contributed by atoms with van der Waals surface area (Å²) >= 11 is 3.02. The summed E-state index contributed by atoms with van der Waals surface area (Å²) in [6.45, 7) is 7.32. The molecule has 0 atom stereocenters. The molecular formula is C22H28BBrN2O8. The van der Waals surface area contributed by atoms with Crippen molar-refractivity contribution in [1.29, 1.82) is 0 Å². The molecule has 1 aliphatic rings. The number of pyridine rings is 2. The van der Waals surface area contributed by atoms with Crippen LogP contribution in [0.25, 0.3) is 0 Å². The first kappa shape index (κ1) is 14.6. The number of ether oxygens (including phenoxy) is 4. The molecule has 0 saturated carbocycles. The smallest absolute Gasteiger partial charge is 0.480 e. The summed E-state index contributed by atoms with van der Waals surface area (Å²) in [6, 6.07) is 2.34. The van der Waals surface area contributed by atoms with Crippen LogP contribution in [0.15, 0.2) is 29.0 Å². The highest BCUT2D eigenvalue weighted by Crippen LogP contribution is 2.36. The minimum absolute atomic E-state index is 0.282. The fourth-order valence-corrected chi connectivity index (χ4v) is 2.90. The minimum atomic E-state index is -3.02. The Morgan fingerprint density at radius 2 is 1.38 bits per heavy atom. The Morgan fingerprint density at radius 3 is 1.88 bits per heavy atom. The Labute approximate surface area is 224 Å². The van der Waals surface area contributed by atoms with E-state index in [1.165, 1.54) is 18.5 Å². The van der Waals surface area contributed by atoms with Crippen LogP contribution in [-0.4, -0.2) is 68.4 Å². The molecule has 0 bridgehead atoms. The van der Waals surface area contributed by atoms with Crippen molar-refractivity contribution in [3.63, 3.8) is 0 Å². The van der Waals surface area contributed by atoms with Crippen molar-refractivity contribution in [2.75, 3.05) is 28.2 Å². The van der Waals surface area contributed by atoms with Crippen LogP contribution >= 0.6 is 15.9 Å². The number of carbonyl (C=O) groups excluding carboxylic acids is 2. The highest BCUT2D eigenvalue weighted by atomic mass is 79.9. The quantitative estimate of drug-likeness (QED) is 0.406. The molecule has 0 radical (unpaired) electrons. The lowest BCUT2D eigenvalue weighted by molar-refractivity contribution is 0.00578. The number of nitrogens with zero attached hydrogens (tertiary/aromatic N) is 2. The first-order chi connectivity index (χ1) is 20.5. The molecule has 184 valence electrons. The van der Waals surface area contributed by atoms with Gasteiger partial charge in [0, 0.05) is 22.3 Å². The van der Waals surface area contributed by atoms with E-state index in [4.69, 9.17) is 30.5 Å². The first-order valence-electron chi connectivity index (χ1n) is 15.3. The summed E-state index contributed by atoms with van der Waals surface area (Å²) in [5, 5.41) is 0. The number of rotatable bonds is 5. The molecule has 3 heterocycles. The molecule has 0 N–H and O–H groups in total. The molecule has 0 amide bonds. The number of hydrogen-bond donors (Lipinski definition) is 0. The Morgan fingerprint density at radius 1 is 0.882 bits per heavy atom. The Hall–Kier alpha value is -2.70. The van der Waals surface area contributed by atoms with Crippen LogP contribution < -0.4 is 14.9 Å². The Bertz CT molecular complexity index is 1420. The van der Waals surface area contributed by atoms with Gasteiger partial charge in [0.05, 0.1) is 55.8 Å². The van der Waals surface area contributed by atoms with Gasteiger partial charge in [-0.05, 0) is 55.8 Å². The van der Waals surface area contributed by atoms with Crippen LogP contribution in [0.3, 0.4) is 0 Å². The molecule has 0 aliphatic carbocycles. The zero-order valence-electron chi connectivity index (χ0n) is 30.4. The fourth-order valence-electron chi connectivity index (χ4n) is 2.57. The topological polar surface area (TPSA) is 115 Å². The molecule has 12 heteroatoms. The molecule has 0 aromatic carbocycles. The van der Waals surface area contributed by atoms with Crippen LogP contribution in [0.2, 0.25) is 0 Å². The van der Waals surface area contributed by atoms with E-state index in [2.05, 4.69) is 40.1 Å². The summed E-state index contributed by atoms with van der Waals surface area (Å²) in [7, 11) is -12.6. The molecule has 10 nitrogen and oxygen atoms in total. The van der Waals surface area contributed by atoms with Crippen molar-refractivity contribution < 1.29 is 54.3 Å². The van der Waals surface area contributed by atoms with Crippen LogP contribution in [0.1, 0.15) is 64.9 Å². The molecule has 2 aromatic rings. The second-order valence-electron chi connectivity index (χ2n) is 7.70. The van der Waals surface area contributed by atoms with Crippen molar-refractivity contribution in [1.82, 2.24) is 9.97 Å². The molecule has 0 unspecified atom stereocenters. The van der Waals surface area contributed by atoms with E-state index in [0.29, 0.717) is 4.47 Å². The molecule has 2 aromatic heterocycles. The monoisotopic (exact) mass is 550 g/mol. The molecule has 0 spiro atoms. The standard InChI is InChI=1S/C14H20BNO5.C8H8BrNO3/c1-13(2)14(3,4)21-15(20-13)9-7-10(12(17)19-6)11(18-5)16-8-9;1-12-7-6(8(11)13-2)3-5(9)4-10-7/h7-8H,1-6H3;3-4H,1-2H3/i5D3,6D3;1D3,2D3. The van der Waals surface area contributed by atoms with Gasteiger partial charge in [0.15, 0.2) is 0 Å². The average molecular weight is 551 g/mol. The van der Waals surface area contributed by atoms with E-state index in [1.54, 1.807) is 0 Å². The lowest BCUT2D eigenvalue weighted by atomic mass is 9.79. The number of hydrogen-bond acceptors (Lipinski definition) is 10. The maximum atomic E-state index is 12.2. The second kappa shape index (κ2) is 11.2. The van der Waals surface area contributed by atoms with Gasteiger partial charge in [-0.1, -0.05) is 0 Å². The predicted molar refractivity (Wildman–Crippen MR) is 128 cm³/mol. The first-order valence-corrected chi connectivity index (χ1v) is 10.1. The second-order valence-corrected chi connectivity index (χ2v) is 8.61. The summed E-state index contributed by atoms with van der Waals surface area (Å²) in [4.78, 5) is 31.3. The van der Waals surface area contributed by atoms with E-state index in [1.807, 2.05) is 27.7 Å². The number of esters is 2. The summed E-state index contributed by atoms with van der Waals surface area (Å²) in [5.41, 5.74) is -1.91. The van der Waals surface area contributed by atoms with Gasteiger partial charge in [0.25, 0.3) is 0 Å². The zero-order chi connectivity index (χ0) is 35.7. The molecule has 3 rings (SSSR count). The largest absolute Gasteiger partial charge is 0.496 e. The van der Waals surface area contributed by atoms with Crippen molar-refractivity contribution in [3.05, 3.63) is 40.1 Å². The zero-order valence-corrected chi connectivity index (χ0v) is 20.0. The van der Waals surface area contributed by atoms with Gasteiger partial charge >= 0.3 is 19.1 Å². The molecule has 1 aliphatic heterocycles. The summed E-state index contributed by atoms with van der Waals surface area (Å²) < 4.78 is 114. The van der Waals surface area contributed by atoms with Crippen LogP contribution in [0.4, 0.5) is 0 Å². The normalized spacial score (nSPS) is 22.3. The minimum Gasteiger partial charge on any atom is -0.480 e. The Kier molecular flexibility index (Phi) is 4.80. The SMILES string of the molecule is [2H]C([2H])([2H])OC(=O)c1cc(B2OC(C)(C)C(C)(C)O2)cnc1OC([2H])([2H])[2H].[2H]C([2H])([2H])OC(=O)c1cc(Br)cnc1OC([2H])([2H])[2H]. The van der Waals surface area contributed by atoms with E-state index in [9.17, 15) is 9.59 Å². The number of methoxy groups -OCH3 is 4. The third-order valence-electron chi connectivity index (χ3n) is 5.03. The van der Waals surface area contributed by atoms with Gasteiger partial charge < -0.3 is 28.3 Å². The van der Waals surface area contributed by atoms with E-state index < -0.39 is 81.3 Å².